The minimum atomic E-state index is -3.35. The Labute approximate surface area is 263 Å². The number of nitrogens with one attached hydrogen (secondary N) is 1. The average molecular weight is 637 g/mol. The summed E-state index contributed by atoms with van der Waals surface area (Å²) in [7, 11) is 1.97. The van der Waals surface area contributed by atoms with Crippen LogP contribution in [0.25, 0.3) is 10.9 Å². The molecule has 13 heteroatoms. The van der Waals surface area contributed by atoms with Crippen LogP contribution in [0.4, 0.5) is 11.4 Å². The molecule has 0 spiro atoms. The molecule has 1 saturated heterocycles. The minimum Gasteiger partial charge on any atom is -0.492 e. The number of likely N-dealkylation sites (tertiary alicyclic amines) is 1. The van der Waals surface area contributed by atoms with Crippen LogP contribution in [-0.4, -0.2) is 72.4 Å². The van der Waals surface area contributed by atoms with Crippen molar-refractivity contribution in [3.8, 4) is 17.4 Å². The highest BCUT2D eigenvalue weighted by Crippen LogP contribution is 2.50. The number of piperidine rings is 1. The lowest BCUT2D eigenvalue weighted by Gasteiger charge is -2.27. The van der Waals surface area contributed by atoms with Gasteiger partial charge in [-0.1, -0.05) is 19.1 Å². The van der Waals surface area contributed by atoms with Crippen LogP contribution in [0.2, 0.25) is 0 Å². The molecule has 0 radical (unpaired) electrons. The molecule has 6 rings (SSSR count). The lowest BCUT2D eigenvalue weighted by molar-refractivity contribution is 0.0687. The summed E-state index contributed by atoms with van der Waals surface area (Å²) in [5, 5.41) is 10.2. The van der Waals surface area contributed by atoms with Crippen molar-refractivity contribution in [2.24, 2.45) is 7.05 Å². The van der Waals surface area contributed by atoms with Gasteiger partial charge in [-0.3, -0.25) is 4.72 Å². The number of sulfonamides is 1. The molecule has 4 N–H and O–H groups in total. The zero-order valence-corrected chi connectivity index (χ0v) is 27.0. The standard InChI is InChI=1S/C20H22N4O3.C12H18N2O3S/c1-23-10-7-13(8-11-23)19-21-9-6-17(22-19)27-16-5-3-4-14-12-15(20(25)26)24(2)18(14)16;1-12(4-5-12)8-6-9(13)11(17-2)10(7-8)14-18(3,15)16/h3-6,9,12-13H,7-8,10-11H2,1-2H3,(H,25,26);6-7,14H,4-5,13H2,1-3H3. The molecule has 0 atom stereocenters. The fraction of sp³-hybridized carbons (Fsp3) is 0.406. The van der Waals surface area contributed by atoms with E-state index >= 15 is 0 Å². The highest BCUT2D eigenvalue weighted by Gasteiger charge is 2.40. The second kappa shape index (κ2) is 12.6. The lowest BCUT2D eigenvalue weighted by Crippen LogP contribution is -2.29. The number of carboxylic acids is 1. The monoisotopic (exact) mass is 636 g/mol. The highest BCUT2D eigenvalue weighted by molar-refractivity contribution is 7.92. The first-order valence-electron chi connectivity index (χ1n) is 14.7. The summed E-state index contributed by atoms with van der Waals surface area (Å²) in [4.78, 5) is 22.8. The number of nitrogens with zero attached hydrogens (tertiary/aromatic N) is 4. The summed E-state index contributed by atoms with van der Waals surface area (Å²) >= 11 is 0. The third-order valence-corrected chi connectivity index (χ3v) is 9.09. The van der Waals surface area contributed by atoms with E-state index in [-0.39, 0.29) is 11.1 Å². The smallest absolute Gasteiger partial charge is 0.352 e. The molecular weight excluding hydrogens is 596 g/mol. The third-order valence-electron chi connectivity index (χ3n) is 8.50. The van der Waals surface area contributed by atoms with Gasteiger partial charge in [-0.25, -0.2) is 18.2 Å². The molecular formula is C32H40N6O6S. The summed E-state index contributed by atoms with van der Waals surface area (Å²) in [5.41, 5.74) is 8.89. The van der Waals surface area contributed by atoms with E-state index in [0.29, 0.717) is 34.7 Å². The highest BCUT2D eigenvalue weighted by atomic mass is 32.2. The average Bonchev–Trinajstić information content (AvgIpc) is 3.64. The van der Waals surface area contributed by atoms with E-state index in [0.717, 1.165) is 67.3 Å². The molecule has 45 heavy (non-hydrogen) atoms. The number of para-hydroxylation sites is 1. The van der Waals surface area contributed by atoms with Crippen molar-refractivity contribution in [3.05, 3.63) is 65.7 Å². The number of aryl methyl sites for hydroxylation is 1. The normalized spacial score (nSPS) is 16.5. The lowest BCUT2D eigenvalue weighted by atomic mass is 9.96. The maximum absolute atomic E-state index is 11.4. The zero-order chi connectivity index (χ0) is 32.5. The molecule has 12 nitrogen and oxygen atoms in total. The second-order valence-electron chi connectivity index (χ2n) is 12.1. The first-order valence-corrected chi connectivity index (χ1v) is 16.6. The molecule has 4 aromatic rings. The molecule has 0 unspecified atom stereocenters. The van der Waals surface area contributed by atoms with E-state index in [1.807, 2.05) is 30.3 Å². The van der Waals surface area contributed by atoms with Gasteiger partial charge in [0.15, 0.2) is 11.5 Å². The molecule has 2 aromatic carbocycles. The van der Waals surface area contributed by atoms with Gasteiger partial charge in [0.25, 0.3) is 0 Å². The zero-order valence-electron chi connectivity index (χ0n) is 26.2. The third kappa shape index (κ3) is 7.31. The second-order valence-corrected chi connectivity index (χ2v) is 13.9. The Balaban J connectivity index is 0.000000194. The number of hydrogen-bond acceptors (Lipinski definition) is 9. The number of nitrogens with two attached hydrogens (primary N) is 1. The SMILES string of the molecule is CN1CCC(c2nccc(Oc3cccc4cc(C(=O)O)n(C)c34)n2)CC1.COc1c(N)cc(C2(C)CC2)cc1NS(C)(=O)=O. The van der Waals surface area contributed by atoms with Crippen molar-refractivity contribution in [1.29, 1.82) is 0 Å². The van der Waals surface area contributed by atoms with Gasteiger partial charge >= 0.3 is 5.97 Å². The number of carbonyl (C=O) groups is 1. The van der Waals surface area contributed by atoms with E-state index in [2.05, 4.69) is 33.6 Å². The number of ether oxygens (including phenoxy) is 2. The number of aromatic nitrogens is 3. The van der Waals surface area contributed by atoms with Crippen LogP contribution in [0.5, 0.6) is 17.4 Å². The summed E-state index contributed by atoms with van der Waals surface area (Å²) in [6, 6.07) is 12.6. The number of hydrogen-bond donors (Lipinski definition) is 3. The molecule has 0 bridgehead atoms. The molecule has 3 heterocycles. The summed E-state index contributed by atoms with van der Waals surface area (Å²) in [6.07, 6.45) is 7.09. The van der Waals surface area contributed by atoms with Crippen LogP contribution in [0, 0.1) is 0 Å². The first kappa shape index (κ1) is 32.0. The van der Waals surface area contributed by atoms with Crippen molar-refractivity contribution in [2.45, 2.75) is 43.9 Å². The first-order chi connectivity index (χ1) is 21.3. The van der Waals surface area contributed by atoms with E-state index < -0.39 is 16.0 Å². The number of methoxy groups -OCH3 is 1. The van der Waals surface area contributed by atoms with Crippen LogP contribution in [0.1, 0.15) is 60.4 Å². The van der Waals surface area contributed by atoms with Gasteiger partial charge in [0.1, 0.15) is 11.5 Å². The van der Waals surface area contributed by atoms with Gasteiger partial charge in [-0.15, -0.1) is 0 Å². The molecule has 240 valence electrons. The number of fused-ring (bicyclic) bond motifs is 1. The summed E-state index contributed by atoms with van der Waals surface area (Å²) < 4.78 is 38.0. The predicted molar refractivity (Wildman–Crippen MR) is 174 cm³/mol. The Bertz CT molecular complexity index is 1830. The van der Waals surface area contributed by atoms with Crippen molar-refractivity contribution >= 4 is 38.3 Å². The van der Waals surface area contributed by atoms with Gasteiger partial charge in [0.2, 0.25) is 15.9 Å². The molecule has 1 saturated carbocycles. The largest absolute Gasteiger partial charge is 0.492 e. The number of rotatable bonds is 8. The molecule has 1 aliphatic carbocycles. The van der Waals surface area contributed by atoms with Gasteiger partial charge < -0.3 is 29.8 Å². The Hall–Kier alpha value is -4.36. The summed E-state index contributed by atoms with van der Waals surface area (Å²) in [6.45, 7) is 4.22. The van der Waals surface area contributed by atoms with Gasteiger partial charge in [0, 0.05) is 30.6 Å². The Kier molecular flexibility index (Phi) is 8.95. The quantitative estimate of drug-likeness (QED) is 0.225. The van der Waals surface area contributed by atoms with Crippen LogP contribution in [0.15, 0.2) is 48.7 Å². The van der Waals surface area contributed by atoms with Gasteiger partial charge in [-0.05, 0) is 81.1 Å². The molecule has 1 aliphatic heterocycles. The van der Waals surface area contributed by atoms with Crippen molar-refractivity contribution in [2.75, 3.05) is 44.0 Å². The van der Waals surface area contributed by atoms with E-state index in [1.54, 1.807) is 29.9 Å². The Morgan fingerprint density at radius 3 is 2.47 bits per heavy atom. The van der Waals surface area contributed by atoms with Crippen LogP contribution < -0.4 is 19.9 Å². The topological polar surface area (TPSA) is 162 Å². The number of anilines is 2. The van der Waals surface area contributed by atoms with Crippen LogP contribution in [-0.2, 0) is 22.5 Å². The molecule has 0 amide bonds. The maximum Gasteiger partial charge on any atom is 0.352 e. The van der Waals surface area contributed by atoms with E-state index in [1.165, 1.54) is 7.11 Å². The van der Waals surface area contributed by atoms with Gasteiger partial charge in [0.05, 0.1) is 30.3 Å². The fourth-order valence-corrected chi connectivity index (χ4v) is 6.19. The Morgan fingerprint density at radius 1 is 1.13 bits per heavy atom. The minimum absolute atomic E-state index is 0.119. The summed E-state index contributed by atoms with van der Waals surface area (Å²) in [5.74, 6) is 1.61. The molecule has 2 fully saturated rings. The van der Waals surface area contributed by atoms with Crippen molar-refractivity contribution < 1.29 is 27.8 Å². The fourth-order valence-electron chi connectivity index (χ4n) is 5.64. The maximum atomic E-state index is 11.4. The predicted octanol–water partition coefficient (Wildman–Crippen LogP) is 4.97. The van der Waals surface area contributed by atoms with Crippen molar-refractivity contribution in [3.63, 3.8) is 0 Å². The van der Waals surface area contributed by atoms with E-state index in [9.17, 15) is 18.3 Å². The van der Waals surface area contributed by atoms with Gasteiger partial charge in [-0.2, -0.15) is 4.98 Å². The van der Waals surface area contributed by atoms with E-state index in [4.69, 9.17) is 15.2 Å². The molecule has 2 aliphatic rings. The number of carboxylic acid groups (broad SMARTS) is 1. The Morgan fingerprint density at radius 2 is 1.84 bits per heavy atom. The van der Waals surface area contributed by atoms with Crippen LogP contribution >= 0.6 is 0 Å². The van der Waals surface area contributed by atoms with Crippen molar-refractivity contribution in [1.82, 2.24) is 19.4 Å². The number of aromatic carboxylic acids is 1. The number of benzene rings is 2. The molecule has 2 aromatic heterocycles. The van der Waals surface area contributed by atoms with Crippen LogP contribution in [0.3, 0.4) is 0 Å². The number of nitrogen functional groups attached to an aromatic ring is 1.